The molecule has 0 amide bonds. The molecule has 0 unspecified atom stereocenters. The number of anilines is 2. The third-order valence-corrected chi connectivity index (χ3v) is 16.4. The molecule has 2 N–H and O–H groups in total. The molecule has 2 heterocycles. The molecule has 0 aromatic heterocycles. The lowest BCUT2D eigenvalue weighted by molar-refractivity contribution is -0.111. The summed E-state index contributed by atoms with van der Waals surface area (Å²) >= 11 is 7.53. The topological polar surface area (TPSA) is 46.9 Å². The molecule has 2 aliphatic heterocycles. The molecule has 360 valence electrons. The summed E-state index contributed by atoms with van der Waals surface area (Å²) in [6.07, 6.45) is 41.2. The normalized spacial score (nSPS) is 22.2. The minimum atomic E-state index is -0.640. The first-order valence-electron chi connectivity index (χ1n) is 26.9. The second kappa shape index (κ2) is 27.4. The van der Waals surface area contributed by atoms with E-state index >= 15 is 0 Å². The summed E-state index contributed by atoms with van der Waals surface area (Å²) < 4.78 is 2.19. The summed E-state index contributed by atoms with van der Waals surface area (Å²) in [6, 6.07) is 13.4. The molecule has 0 saturated heterocycles. The van der Waals surface area contributed by atoms with Gasteiger partial charge in [-0.15, -0.1) is 0 Å². The Bertz CT molecular complexity index is 1600. The fraction of sp³-hybridized carbons (Fsp3) is 0.724. The Labute approximate surface area is 410 Å². The van der Waals surface area contributed by atoms with Crippen LogP contribution >= 0.6 is 31.9 Å². The van der Waals surface area contributed by atoms with Gasteiger partial charge in [0.1, 0.15) is 0 Å². The minimum Gasteiger partial charge on any atom is -0.392 e. The van der Waals surface area contributed by atoms with Crippen LogP contribution in [0.3, 0.4) is 0 Å². The molecule has 2 aromatic rings. The van der Waals surface area contributed by atoms with E-state index < -0.39 is 12.2 Å². The molecule has 0 spiro atoms. The van der Waals surface area contributed by atoms with Gasteiger partial charge in [-0.2, -0.15) is 0 Å². The maximum atomic E-state index is 12.0. The van der Waals surface area contributed by atoms with Gasteiger partial charge in [0.15, 0.2) is 0 Å². The third-order valence-electron chi connectivity index (χ3n) is 15.5. The van der Waals surface area contributed by atoms with E-state index in [-0.39, 0.29) is 22.7 Å². The Morgan fingerprint density at radius 2 is 0.703 bits per heavy atom. The van der Waals surface area contributed by atoms with E-state index in [9.17, 15) is 10.2 Å². The summed E-state index contributed by atoms with van der Waals surface area (Å²) in [5.41, 5.74) is 7.16. The van der Waals surface area contributed by atoms with Gasteiger partial charge in [-0.25, -0.2) is 0 Å². The molecule has 1 aliphatic carbocycles. The Morgan fingerprint density at radius 1 is 0.438 bits per heavy atom. The van der Waals surface area contributed by atoms with Gasteiger partial charge >= 0.3 is 0 Å². The van der Waals surface area contributed by atoms with Gasteiger partial charge in [-0.3, -0.25) is 0 Å². The number of allylic oxidation sites excluding steroid dienone is 2. The molecule has 0 radical (unpaired) electrons. The number of halogens is 2. The Morgan fingerprint density at radius 3 is 0.984 bits per heavy atom. The van der Waals surface area contributed by atoms with Crippen LogP contribution in [0, 0.1) is 11.8 Å². The van der Waals surface area contributed by atoms with Crippen molar-refractivity contribution in [2.75, 3.05) is 22.9 Å². The predicted molar refractivity (Wildman–Crippen MR) is 285 cm³/mol. The molecule has 1 saturated carbocycles. The van der Waals surface area contributed by atoms with E-state index in [1.54, 1.807) is 0 Å². The highest BCUT2D eigenvalue weighted by Gasteiger charge is 2.51. The van der Waals surface area contributed by atoms with Gasteiger partial charge in [0.05, 0.1) is 12.2 Å². The molecule has 4 nitrogen and oxygen atoms in total. The fourth-order valence-corrected chi connectivity index (χ4v) is 12.0. The predicted octanol–water partition coefficient (Wildman–Crippen LogP) is 17.8. The van der Waals surface area contributed by atoms with Gasteiger partial charge in [-0.1, -0.05) is 252 Å². The first-order valence-corrected chi connectivity index (χ1v) is 28.5. The number of fused-ring (bicyclic) bond motifs is 2. The second-order valence-corrected chi connectivity index (χ2v) is 23.1. The first-order chi connectivity index (χ1) is 30.9. The van der Waals surface area contributed by atoms with Crippen LogP contribution in [0.25, 0.3) is 0 Å². The average molecular weight is 1010 g/mol. The molecule has 3 aliphatic rings. The van der Waals surface area contributed by atoms with Crippen molar-refractivity contribution in [3.63, 3.8) is 0 Å². The Kier molecular flexibility index (Phi) is 22.9. The lowest BCUT2D eigenvalue weighted by Gasteiger charge is -2.46. The van der Waals surface area contributed by atoms with Crippen molar-refractivity contribution in [1.82, 2.24) is 0 Å². The lowest BCUT2D eigenvalue weighted by atomic mass is 9.66. The monoisotopic (exact) mass is 1010 g/mol. The molecule has 0 atom stereocenters. The Hall–Kier alpha value is -1.60. The maximum Gasteiger partial charge on any atom is 0.0716 e. The van der Waals surface area contributed by atoms with Crippen LogP contribution in [-0.2, 0) is 10.8 Å². The molecular formula is C58H92Br2N2O2. The Balaban J connectivity index is 1.15. The quantitative estimate of drug-likeness (QED) is 0.0717. The van der Waals surface area contributed by atoms with Crippen LogP contribution in [0.5, 0.6) is 0 Å². The van der Waals surface area contributed by atoms with Crippen molar-refractivity contribution >= 4 is 43.2 Å². The van der Waals surface area contributed by atoms with E-state index in [1.807, 2.05) is 0 Å². The minimum absolute atomic E-state index is 0.231. The zero-order valence-electron chi connectivity index (χ0n) is 41.7. The molecule has 5 rings (SSSR count). The van der Waals surface area contributed by atoms with Crippen LogP contribution in [0.1, 0.15) is 232 Å². The van der Waals surface area contributed by atoms with Crippen molar-refractivity contribution in [1.29, 1.82) is 0 Å². The number of aliphatic hydroxyl groups excluding tert-OH is 2. The second-order valence-electron chi connectivity index (χ2n) is 21.3. The standard InChI is InChI=1S/C58H92Br2N2O2/c1-7-9-11-13-15-17-19-21-23-25-27-29-31-33-39-61-51-37-35-45(59)41-49(51)57(3,4)53(61)43-47-55(63)48(56(47)64)44-54-58(5,6)50-42-46(60)36-38-52(50)62(54)40-34-32-30-28-26-24-22-20-18-16-14-12-10-8-2/h35-38,41-44,47-48,55-56,63-64H,7-34,39-40H2,1-6H3/b53-43+,54-44+. The molecular weight excluding hydrogens is 916 g/mol. The highest BCUT2D eigenvalue weighted by atomic mass is 79.9. The third kappa shape index (κ3) is 14.7. The largest absolute Gasteiger partial charge is 0.392 e. The van der Waals surface area contributed by atoms with E-state index in [2.05, 4.69) is 132 Å². The van der Waals surface area contributed by atoms with E-state index in [0.29, 0.717) is 0 Å². The van der Waals surface area contributed by atoms with E-state index in [4.69, 9.17) is 0 Å². The number of rotatable bonds is 32. The number of unbranched alkanes of at least 4 members (excludes halogenated alkanes) is 26. The molecule has 2 aromatic carbocycles. The lowest BCUT2D eigenvalue weighted by Crippen LogP contribution is -2.54. The zero-order valence-corrected chi connectivity index (χ0v) is 44.9. The summed E-state index contributed by atoms with van der Waals surface area (Å²) in [4.78, 5) is 5.03. The summed E-state index contributed by atoms with van der Waals surface area (Å²) in [7, 11) is 0. The molecule has 1 fully saturated rings. The summed E-state index contributed by atoms with van der Waals surface area (Å²) in [5.74, 6) is -0.624. The number of hydrogen-bond donors (Lipinski definition) is 2. The van der Waals surface area contributed by atoms with Gasteiger partial charge in [0.25, 0.3) is 0 Å². The maximum absolute atomic E-state index is 12.0. The summed E-state index contributed by atoms with van der Waals surface area (Å²) in [5, 5.41) is 24.0. The van der Waals surface area contributed by atoms with Crippen molar-refractivity contribution in [2.24, 2.45) is 11.8 Å². The highest BCUT2D eigenvalue weighted by Crippen LogP contribution is 2.53. The average Bonchev–Trinajstić information content (AvgIpc) is 3.61. The fourth-order valence-electron chi connectivity index (χ4n) is 11.2. The van der Waals surface area contributed by atoms with Crippen LogP contribution in [-0.4, -0.2) is 35.5 Å². The van der Waals surface area contributed by atoms with Crippen molar-refractivity contribution in [3.8, 4) is 0 Å². The van der Waals surface area contributed by atoms with Crippen molar-refractivity contribution in [2.45, 2.75) is 244 Å². The molecule has 0 bridgehead atoms. The van der Waals surface area contributed by atoms with E-state index in [0.717, 1.165) is 34.9 Å². The highest BCUT2D eigenvalue weighted by molar-refractivity contribution is 9.10. The smallest absolute Gasteiger partial charge is 0.0716 e. The van der Waals surface area contributed by atoms with Crippen LogP contribution in [0.2, 0.25) is 0 Å². The molecule has 64 heavy (non-hydrogen) atoms. The SMILES string of the molecule is CCCCCCCCCCCCCCCCN1/C(=C/C2C(O)C(/C=C3/N(CCCCCCCCCCCCCCCC)c4ccc(Br)cc4C3(C)C)C2O)C(C)(C)c2cc(Br)ccc21. The zero-order chi connectivity index (χ0) is 46.0. The van der Waals surface area contributed by atoms with Gasteiger partial charge in [-0.05, 0) is 60.4 Å². The number of nitrogens with zero attached hydrogens (tertiary/aromatic N) is 2. The van der Waals surface area contributed by atoms with Gasteiger partial charge < -0.3 is 20.0 Å². The summed E-state index contributed by atoms with van der Waals surface area (Å²) in [6.45, 7) is 15.8. The number of hydrogen-bond acceptors (Lipinski definition) is 4. The van der Waals surface area contributed by atoms with Gasteiger partial charge in [0, 0.05) is 67.5 Å². The van der Waals surface area contributed by atoms with Crippen molar-refractivity contribution < 1.29 is 10.2 Å². The number of aliphatic hydroxyl groups is 2. The van der Waals surface area contributed by atoms with Crippen LogP contribution in [0.15, 0.2) is 68.9 Å². The van der Waals surface area contributed by atoms with Crippen LogP contribution < -0.4 is 9.80 Å². The number of benzene rings is 2. The van der Waals surface area contributed by atoms with Gasteiger partial charge in [0.2, 0.25) is 0 Å². The van der Waals surface area contributed by atoms with Crippen molar-refractivity contribution in [3.05, 3.63) is 80.0 Å². The first kappa shape index (κ1) is 53.4. The van der Waals surface area contributed by atoms with Crippen LogP contribution in [0.4, 0.5) is 11.4 Å². The van der Waals surface area contributed by atoms with E-state index in [1.165, 1.54) is 201 Å². The molecule has 6 heteroatoms.